The van der Waals surface area contributed by atoms with Crippen molar-refractivity contribution in [3.8, 4) is 11.5 Å². The summed E-state index contributed by atoms with van der Waals surface area (Å²) in [4.78, 5) is 11.0. The average molecular weight is 462 g/mol. The van der Waals surface area contributed by atoms with E-state index in [4.69, 9.17) is 27.9 Å². The molecule has 4 N–H and O–H groups in total. The van der Waals surface area contributed by atoms with Gasteiger partial charge in [-0.15, -0.1) is 0 Å². The largest absolute Gasteiger partial charge is 0.550 e. The molecule has 0 bridgehead atoms. The number of carbonyl (C=O) groups excluding carboxylic acids is 1. The van der Waals surface area contributed by atoms with Crippen LogP contribution >= 0.6 is 23.2 Å². The fourth-order valence-electron chi connectivity index (χ4n) is 3.15. The van der Waals surface area contributed by atoms with Gasteiger partial charge in [-0.05, 0) is 37.1 Å². The lowest BCUT2D eigenvalue weighted by atomic mass is 9.88. The molecule has 3 aromatic rings. The van der Waals surface area contributed by atoms with Crippen molar-refractivity contribution in [1.29, 1.82) is 0 Å². The second-order valence-electron chi connectivity index (χ2n) is 7.00. The molecule has 2 atom stereocenters. The molecular weight excluding hydrogens is 437 g/mol. The molecule has 0 amide bonds. The molecule has 0 saturated heterocycles. The Morgan fingerprint density at radius 3 is 2.29 bits per heavy atom. The molecule has 31 heavy (non-hydrogen) atoms. The smallest absolute Gasteiger partial charge is 0.161 e. The summed E-state index contributed by atoms with van der Waals surface area (Å²) in [6.07, 6.45) is -0.204. The summed E-state index contributed by atoms with van der Waals surface area (Å²) >= 11 is 11.6. The molecule has 3 rings (SSSR count). The van der Waals surface area contributed by atoms with E-state index in [1.807, 2.05) is 49.4 Å². The summed E-state index contributed by atoms with van der Waals surface area (Å²) in [5, 5.41) is 22.6. The Labute approximate surface area is 192 Å². The van der Waals surface area contributed by atoms with Crippen LogP contribution < -0.4 is 15.6 Å². The van der Waals surface area contributed by atoms with E-state index < -0.39 is 11.9 Å². The van der Waals surface area contributed by atoms with Crippen LogP contribution in [0.15, 0.2) is 66.7 Å². The van der Waals surface area contributed by atoms with E-state index in [0.29, 0.717) is 21.4 Å². The number of aromatic hydroxyl groups is 1. The number of halogens is 2. The van der Waals surface area contributed by atoms with E-state index in [-0.39, 0.29) is 18.2 Å². The van der Waals surface area contributed by atoms with Crippen LogP contribution in [0.5, 0.6) is 11.5 Å². The molecule has 0 radical (unpaired) electrons. The van der Waals surface area contributed by atoms with Crippen molar-refractivity contribution >= 4 is 29.2 Å². The molecular formula is C24H25Cl2NO4. The van der Waals surface area contributed by atoms with E-state index in [1.165, 1.54) is 7.11 Å². The Balaban J connectivity index is 0.000000262. The number of rotatable bonds is 6. The molecule has 3 aromatic carbocycles. The van der Waals surface area contributed by atoms with Gasteiger partial charge in [0.1, 0.15) is 6.04 Å². The van der Waals surface area contributed by atoms with Gasteiger partial charge in [-0.3, -0.25) is 0 Å². The topological polar surface area (TPSA) is 97.2 Å². The first-order valence-electron chi connectivity index (χ1n) is 9.63. The highest BCUT2D eigenvalue weighted by atomic mass is 35.5. The Bertz CT molecular complexity index is 1010. The van der Waals surface area contributed by atoms with E-state index in [0.717, 1.165) is 11.1 Å². The Hall–Kier alpha value is -2.73. The summed E-state index contributed by atoms with van der Waals surface area (Å²) in [5.41, 5.74) is 6.23. The van der Waals surface area contributed by atoms with Crippen LogP contribution in [0.1, 0.15) is 42.0 Å². The van der Waals surface area contributed by atoms with Gasteiger partial charge < -0.3 is 25.5 Å². The van der Waals surface area contributed by atoms with Gasteiger partial charge in [-0.25, -0.2) is 0 Å². The molecule has 7 heteroatoms. The third kappa shape index (κ3) is 6.89. The minimum atomic E-state index is -1.17. The highest BCUT2D eigenvalue weighted by molar-refractivity contribution is 6.35. The van der Waals surface area contributed by atoms with Crippen LogP contribution in [0.3, 0.4) is 0 Å². The Kier molecular flexibility index (Phi) is 9.19. The second kappa shape index (κ2) is 11.6. The predicted octanol–water partition coefficient (Wildman–Crippen LogP) is 3.97. The van der Waals surface area contributed by atoms with Crippen LogP contribution in [0.25, 0.3) is 0 Å². The van der Waals surface area contributed by atoms with E-state index >= 15 is 0 Å². The zero-order valence-electron chi connectivity index (χ0n) is 17.3. The molecule has 5 nitrogen and oxygen atoms in total. The molecule has 0 aromatic heterocycles. The van der Waals surface area contributed by atoms with E-state index in [2.05, 4.69) is 5.73 Å². The van der Waals surface area contributed by atoms with E-state index in [9.17, 15) is 15.0 Å². The van der Waals surface area contributed by atoms with Crippen molar-refractivity contribution in [1.82, 2.24) is 0 Å². The number of hydrogen-bond acceptors (Lipinski definition) is 4. The fraction of sp³-hybridized carbons (Fsp3) is 0.208. The first-order chi connectivity index (χ1) is 14.7. The number of carboxylic acid groups (broad SMARTS) is 1. The first-order valence-corrected chi connectivity index (χ1v) is 10.4. The second-order valence-corrected chi connectivity index (χ2v) is 7.85. The molecule has 164 valence electrons. The summed E-state index contributed by atoms with van der Waals surface area (Å²) in [6, 6.07) is 19.9. The van der Waals surface area contributed by atoms with Gasteiger partial charge in [0.25, 0.3) is 0 Å². The highest BCUT2D eigenvalue weighted by Crippen LogP contribution is 2.38. The van der Waals surface area contributed by atoms with Gasteiger partial charge >= 0.3 is 0 Å². The quantitative estimate of drug-likeness (QED) is 0.579. The monoisotopic (exact) mass is 461 g/mol. The number of methoxy groups -OCH3 is 1. The molecule has 0 unspecified atom stereocenters. The molecule has 0 heterocycles. The molecule has 0 fully saturated rings. The number of aliphatic carboxylic acids is 1. The number of phenolic OH excluding ortho intramolecular Hbond substituents is 1. The van der Waals surface area contributed by atoms with Crippen molar-refractivity contribution in [2.45, 2.75) is 25.3 Å². The number of carbonyl (C=O) groups is 1. The summed E-state index contributed by atoms with van der Waals surface area (Å²) in [6.45, 7) is 2.00. The van der Waals surface area contributed by atoms with Gasteiger partial charge in [-0.2, -0.15) is 0 Å². The van der Waals surface area contributed by atoms with Crippen molar-refractivity contribution in [3.05, 3.63) is 93.5 Å². The summed E-state index contributed by atoms with van der Waals surface area (Å²) in [7, 11) is 1.45. The Morgan fingerprint density at radius 2 is 1.74 bits per heavy atom. The number of quaternary nitrogens is 1. The van der Waals surface area contributed by atoms with Gasteiger partial charge in [0.2, 0.25) is 0 Å². The zero-order valence-corrected chi connectivity index (χ0v) is 18.9. The third-order valence-corrected chi connectivity index (χ3v) is 5.25. The first kappa shape index (κ1) is 24.5. The van der Waals surface area contributed by atoms with Gasteiger partial charge in [0.05, 0.1) is 12.1 Å². The fourth-order valence-corrected chi connectivity index (χ4v) is 3.74. The molecule has 0 saturated carbocycles. The zero-order chi connectivity index (χ0) is 23.0. The Morgan fingerprint density at radius 1 is 1.06 bits per heavy atom. The van der Waals surface area contributed by atoms with Gasteiger partial charge in [0, 0.05) is 28.0 Å². The lowest BCUT2D eigenvalue weighted by Gasteiger charge is -2.20. The normalized spacial score (nSPS) is 12.3. The predicted molar refractivity (Wildman–Crippen MR) is 120 cm³/mol. The van der Waals surface area contributed by atoms with Crippen molar-refractivity contribution in [2.24, 2.45) is 0 Å². The molecule has 0 aliphatic heterocycles. The van der Waals surface area contributed by atoms with Gasteiger partial charge in [-0.1, -0.05) is 71.7 Å². The molecule has 0 spiro atoms. The SMILES string of the molecule is COc1cccc([C@@H](CC(=O)[O-])c2ccccc2)c1O.C[C@H]([NH3+])c1ccc(Cl)cc1Cl. The average Bonchev–Trinajstić information content (AvgIpc) is 2.73. The summed E-state index contributed by atoms with van der Waals surface area (Å²) in [5.74, 6) is -1.36. The van der Waals surface area contributed by atoms with Crippen LogP contribution in [-0.4, -0.2) is 18.2 Å². The molecule has 0 aliphatic rings. The lowest BCUT2D eigenvalue weighted by molar-refractivity contribution is -0.420. The minimum Gasteiger partial charge on any atom is -0.550 e. The highest BCUT2D eigenvalue weighted by Gasteiger charge is 2.20. The number of carboxylic acids is 1. The van der Waals surface area contributed by atoms with E-state index in [1.54, 1.807) is 24.3 Å². The number of benzene rings is 3. The number of para-hydroxylation sites is 1. The summed E-state index contributed by atoms with van der Waals surface area (Å²) < 4.78 is 5.06. The maximum atomic E-state index is 11.0. The van der Waals surface area contributed by atoms with Gasteiger partial charge in [0.15, 0.2) is 11.5 Å². The number of ether oxygens (including phenoxy) is 1. The van der Waals surface area contributed by atoms with Crippen molar-refractivity contribution in [2.75, 3.05) is 7.11 Å². The lowest BCUT2D eigenvalue weighted by Crippen LogP contribution is -2.51. The van der Waals surface area contributed by atoms with Crippen LogP contribution in [0.4, 0.5) is 0 Å². The van der Waals surface area contributed by atoms with Crippen molar-refractivity contribution < 1.29 is 25.5 Å². The number of phenols is 1. The maximum absolute atomic E-state index is 11.0. The number of hydrogen-bond donors (Lipinski definition) is 2. The minimum absolute atomic E-state index is 0.0369. The van der Waals surface area contributed by atoms with Crippen LogP contribution in [-0.2, 0) is 4.79 Å². The standard InChI is InChI=1S/C16H16O4.C8H9Cl2N/c1-20-14-9-5-8-12(16(14)19)13(10-15(17)18)11-6-3-2-4-7-11;1-5(11)7-3-2-6(9)4-8(7)10/h2-9,13,19H,10H2,1H3,(H,17,18);2-5H,11H2,1H3/t13-;5-/m00/s1. The third-order valence-electron chi connectivity index (χ3n) is 4.69. The van der Waals surface area contributed by atoms with Crippen LogP contribution in [0.2, 0.25) is 10.0 Å². The van der Waals surface area contributed by atoms with Crippen LogP contribution in [0, 0.1) is 0 Å². The molecule has 0 aliphatic carbocycles. The maximum Gasteiger partial charge on any atom is 0.161 e. The van der Waals surface area contributed by atoms with Crippen molar-refractivity contribution in [3.63, 3.8) is 0 Å².